The van der Waals surface area contributed by atoms with E-state index >= 15 is 0 Å². The van der Waals surface area contributed by atoms with E-state index in [1.807, 2.05) is 12.1 Å². The molecule has 1 aromatic heterocycles. The molecule has 2 aromatic rings. The fraction of sp³-hybridized carbons (Fsp3) is 0.529. The molecule has 1 heterocycles. The molecular formula is C17H25N3O. The van der Waals surface area contributed by atoms with Crippen LogP contribution < -0.4 is 5.32 Å². The van der Waals surface area contributed by atoms with Crippen LogP contribution in [0.15, 0.2) is 28.8 Å². The molecule has 21 heavy (non-hydrogen) atoms. The van der Waals surface area contributed by atoms with Gasteiger partial charge in [0.15, 0.2) is 5.82 Å². The summed E-state index contributed by atoms with van der Waals surface area (Å²) in [5.74, 6) is 2.02. The minimum absolute atomic E-state index is 0.377. The number of hydrogen-bond acceptors (Lipinski definition) is 4. The van der Waals surface area contributed by atoms with Crippen molar-refractivity contribution in [3.8, 4) is 0 Å². The van der Waals surface area contributed by atoms with Crippen LogP contribution in [-0.2, 0) is 12.8 Å². The highest BCUT2D eigenvalue weighted by Gasteiger charge is 2.17. The Balaban J connectivity index is 2.03. The van der Waals surface area contributed by atoms with Crippen LogP contribution in [0, 0.1) is 12.8 Å². The normalized spacial score (nSPS) is 12.8. The summed E-state index contributed by atoms with van der Waals surface area (Å²) in [5, 5.41) is 7.58. The quantitative estimate of drug-likeness (QED) is 0.850. The van der Waals surface area contributed by atoms with Gasteiger partial charge in [-0.05, 0) is 30.5 Å². The van der Waals surface area contributed by atoms with Crippen LogP contribution in [0.2, 0.25) is 0 Å². The second-order valence-electron chi connectivity index (χ2n) is 5.82. The lowest BCUT2D eigenvalue weighted by Gasteiger charge is -2.19. The van der Waals surface area contributed by atoms with Gasteiger partial charge in [0, 0.05) is 18.9 Å². The summed E-state index contributed by atoms with van der Waals surface area (Å²) in [6.45, 7) is 9.59. The topological polar surface area (TPSA) is 51.0 Å². The van der Waals surface area contributed by atoms with Crippen molar-refractivity contribution < 1.29 is 4.52 Å². The Kier molecular flexibility index (Phi) is 5.51. The first kappa shape index (κ1) is 15.7. The number of nitrogens with one attached hydrogen (secondary N) is 1. The van der Waals surface area contributed by atoms with E-state index in [4.69, 9.17) is 4.52 Å². The third kappa shape index (κ3) is 4.39. The molecule has 0 fully saturated rings. The summed E-state index contributed by atoms with van der Waals surface area (Å²) in [4.78, 5) is 4.53. The zero-order valence-electron chi connectivity index (χ0n) is 13.4. The standard InChI is InChI=1S/C17H25N3O/c1-5-18-15(12(2)3)11-17-19-16(20-21-17)10-14-9-7-6-8-13(14)4/h6-9,12,15,18H,5,10-11H2,1-4H3. The first-order valence-corrected chi connectivity index (χ1v) is 7.69. The van der Waals surface area contributed by atoms with Gasteiger partial charge in [-0.25, -0.2) is 0 Å². The van der Waals surface area contributed by atoms with Gasteiger partial charge >= 0.3 is 0 Å². The molecule has 0 aliphatic carbocycles. The summed E-state index contributed by atoms with van der Waals surface area (Å²) in [7, 11) is 0. The molecule has 0 radical (unpaired) electrons. The fourth-order valence-electron chi connectivity index (χ4n) is 2.42. The van der Waals surface area contributed by atoms with Crippen molar-refractivity contribution in [2.45, 2.75) is 46.6 Å². The van der Waals surface area contributed by atoms with Crippen LogP contribution in [0.5, 0.6) is 0 Å². The average molecular weight is 287 g/mol. The van der Waals surface area contributed by atoms with Gasteiger partial charge in [-0.1, -0.05) is 50.2 Å². The Morgan fingerprint density at radius 3 is 2.67 bits per heavy atom. The van der Waals surface area contributed by atoms with E-state index in [2.05, 4.69) is 55.3 Å². The van der Waals surface area contributed by atoms with Crippen LogP contribution in [0.3, 0.4) is 0 Å². The molecule has 0 amide bonds. The third-order valence-corrected chi connectivity index (χ3v) is 3.79. The van der Waals surface area contributed by atoms with Gasteiger partial charge in [0.05, 0.1) is 0 Å². The molecule has 1 N–H and O–H groups in total. The van der Waals surface area contributed by atoms with Crippen molar-refractivity contribution in [3.63, 3.8) is 0 Å². The number of likely N-dealkylation sites (N-methyl/N-ethyl adjacent to an activating group) is 1. The summed E-state index contributed by atoms with van der Waals surface area (Å²) in [6.07, 6.45) is 1.51. The maximum atomic E-state index is 5.40. The van der Waals surface area contributed by atoms with Gasteiger partial charge in [-0.2, -0.15) is 4.98 Å². The Morgan fingerprint density at radius 1 is 1.24 bits per heavy atom. The van der Waals surface area contributed by atoms with Gasteiger partial charge in [-0.15, -0.1) is 0 Å². The number of rotatable bonds is 7. The molecule has 0 spiro atoms. The predicted molar refractivity (Wildman–Crippen MR) is 84.3 cm³/mol. The number of nitrogens with zero attached hydrogens (tertiary/aromatic N) is 2. The van der Waals surface area contributed by atoms with Crippen LogP contribution in [0.25, 0.3) is 0 Å². The molecule has 0 saturated carbocycles. The summed E-state index contributed by atoms with van der Waals surface area (Å²) in [5.41, 5.74) is 2.51. The average Bonchev–Trinajstić information content (AvgIpc) is 2.88. The minimum atomic E-state index is 0.377. The highest BCUT2D eigenvalue weighted by Crippen LogP contribution is 2.13. The van der Waals surface area contributed by atoms with E-state index in [9.17, 15) is 0 Å². The molecule has 1 unspecified atom stereocenters. The summed E-state index contributed by atoms with van der Waals surface area (Å²) >= 11 is 0. The number of aromatic nitrogens is 2. The summed E-state index contributed by atoms with van der Waals surface area (Å²) < 4.78 is 5.40. The molecule has 1 atom stereocenters. The molecule has 0 aliphatic rings. The summed E-state index contributed by atoms with van der Waals surface area (Å²) in [6, 6.07) is 8.69. The first-order valence-electron chi connectivity index (χ1n) is 7.69. The lowest BCUT2D eigenvalue weighted by Crippen LogP contribution is -2.35. The van der Waals surface area contributed by atoms with Crippen molar-refractivity contribution in [1.82, 2.24) is 15.5 Å². The van der Waals surface area contributed by atoms with Crippen molar-refractivity contribution >= 4 is 0 Å². The van der Waals surface area contributed by atoms with E-state index in [0.717, 1.165) is 31.1 Å². The molecule has 1 aromatic carbocycles. The molecule has 4 heteroatoms. The molecule has 114 valence electrons. The first-order chi connectivity index (χ1) is 10.1. The minimum Gasteiger partial charge on any atom is -0.339 e. The van der Waals surface area contributed by atoms with Gasteiger partial charge in [-0.3, -0.25) is 0 Å². The van der Waals surface area contributed by atoms with Crippen LogP contribution >= 0.6 is 0 Å². The molecule has 0 bridgehead atoms. The van der Waals surface area contributed by atoms with Crippen molar-refractivity contribution in [3.05, 3.63) is 47.1 Å². The van der Waals surface area contributed by atoms with Gasteiger partial charge in [0.1, 0.15) is 0 Å². The van der Waals surface area contributed by atoms with Crippen LogP contribution in [0.1, 0.15) is 43.6 Å². The Morgan fingerprint density at radius 2 is 2.00 bits per heavy atom. The lowest BCUT2D eigenvalue weighted by atomic mass is 10.0. The maximum absolute atomic E-state index is 5.40. The number of aryl methyl sites for hydroxylation is 1. The molecule has 4 nitrogen and oxygen atoms in total. The largest absolute Gasteiger partial charge is 0.339 e. The van der Waals surface area contributed by atoms with Crippen molar-refractivity contribution in [2.75, 3.05) is 6.54 Å². The molecule has 2 rings (SSSR count). The van der Waals surface area contributed by atoms with E-state index in [0.29, 0.717) is 12.0 Å². The molecule has 0 saturated heterocycles. The van der Waals surface area contributed by atoms with E-state index in [-0.39, 0.29) is 0 Å². The van der Waals surface area contributed by atoms with Gasteiger partial charge in [0.25, 0.3) is 0 Å². The van der Waals surface area contributed by atoms with Crippen LogP contribution in [0.4, 0.5) is 0 Å². The Hall–Kier alpha value is -1.68. The third-order valence-electron chi connectivity index (χ3n) is 3.79. The smallest absolute Gasteiger partial charge is 0.228 e. The fourth-order valence-corrected chi connectivity index (χ4v) is 2.42. The highest BCUT2D eigenvalue weighted by atomic mass is 16.5. The zero-order chi connectivity index (χ0) is 15.2. The van der Waals surface area contributed by atoms with Crippen molar-refractivity contribution in [2.24, 2.45) is 5.92 Å². The Bertz CT molecular complexity index is 563. The number of benzene rings is 1. The Labute approximate surface area is 127 Å². The monoisotopic (exact) mass is 287 g/mol. The van der Waals surface area contributed by atoms with Crippen LogP contribution in [-0.4, -0.2) is 22.7 Å². The predicted octanol–water partition coefficient (Wildman–Crippen LogP) is 3.15. The van der Waals surface area contributed by atoms with Crippen molar-refractivity contribution in [1.29, 1.82) is 0 Å². The molecular weight excluding hydrogens is 262 g/mol. The van der Waals surface area contributed by atoms with E-state index < -0.39 is 0 Å². The van der Waals surface area contributed by atoms with E-state index in [1.54, 1.807) is 0 Å². The molecule has 0 aliphatic heterocycles. The van der Waals surface area contributed by atoms with Gasteiger partial charge in [0.2, 0.25) is 5.89 Å². The maximum Gasteiger partial charge on any atom is 0.228 e. The zero-order valence-corrected chi connectivity index (χ0v) is 13.4. The second-order valence-corrected chi connectivity index (χ2v) is 5.82. The SMILES string of the molecule is CCNC(Cc1nc(Cc2ccccc2C)no1)C(C)C. The highest BCUT2D eigenvalue weighted by molar-refractivity contribution is 5.27. The lowest BCUT2D eigenvalue weighted by molar-refractivity contribution is 0.327. The van der Waals surface area contributed by atoms with E-state index in [1.165, 1.54) is 11.1 Å². The second kappa shape index (κ2) is 7.36. The van der Waals surface area contributed by atoms with Gasteiger partial charge < -0.3 is 9.84 Å². The number of hydrogen-bond donors (Lipinski definition) is 1.